The van der Waals surface area contributed by atoms with E-state index in [-0.39, 0.29) is 12.3 Å². The van der Waals surface area contributed by atoms with E-state index >= 15 is 0 Å². The number of carboxylic acid groups (broad SMARTS) is 1. The van der Waals surface area contributed by atoms with Crippen LogP contribution in [0, 0.1) is 5.92 Å². The minimum absolute atomic E-state index is 0.112. The summed E-state index contributed by atoms with van der Waals surface area (Å²) in [6.07, 6.45) is 3.00. The van der Waals surface area contributed by atoms with E-state index in [0.29, 0.717) is 13.1 Å². The minimum atomic E-state index is -3.59. The first kappa shape index (κ1) is 15.4. The largest absolute Gasteiger partial charge is 0.544 e. The van der Waals surface area contributed by atoms with E-state index in [0.717, 1.165) is 24.0 Å². The molecule has 0 bridgehead atoms. The van der Waals surface area contributed by atoms with Gasteiger partial charge in [0.15, 0.2) is 0 Å². The van der Waals surface area contributed by atoms with Crippen molar-refractivity contribution >= 4 is 16.2 Å². The molecule has 6 nitrogen and oxygen atoms in total. The number of hydrogen-bond acceptors (Lipinski definition) is 4. The molecule has 106 valence electrons. The molecular formula is C11H22N2O4S. The van der Waals surface area contributed by atoms with Crippen molar-refractivity contribution in [2.45, 2.75) is 45.6 Å². The number of carboxylic acids is 1. The van der Waals surface area contributed by atoms with Crippen LogP contribution in [0.4, 0.5) is 0 Å². The Bertz CT molecular complexity index is 375. The normalized spacial score (nSPS) is 19.9. The second-order valence-corrected chi connectivity index (χ2v) is 7.01. The van der Waals surface area contributed by atoms with Crippen molar-refractivity contribution in [2.75, 3.05) is 13.1 Å². The topological polar surface area (TPSA) is 94.1 Å². The molecule has 1 rings (SSSR count). The summed E-state index contributed by atoms with van der Waals surface area (Å²) in [6.45, 7) is 4.69. The molecule has 1 atom stereocenters. The first-order chi connectivity index (χ1) is 8.33. The predicted molar refractivity (Wildman–Crippen MR) is 64.5 cm³/mol. The molecule has 1 heterocycles. The summed E-state index contributed by atoms with van der Waals surface area (Å²) in [5.41, 5.74) is 0. The minimum Gasteiger partial charge on any atom is -0.544 e. The van der Waals surface area contributed by atoms with Crippen molar-refractivity contribution < 1.29 is 23.0 Å². The van der Waals surface area contributed by atoms with Gasteiger partial charge in [-0.2, -0.15) is 12.7 Å². The van der Waals surface area contributed by atoms with Crippen molar-refractivity contribution in [3.05, 3.63) is 0 Å². The monoisotopic (exact) mass is 278 g/mol. The molecule has 1 saturated heterocycles. The van der Waals surface area contributed by atoms with Gasteiger partial charge in [0.25, 0.3) is 0 Å². The first-order valence-corrected chi connectivity index (χ1v) is 7.89. The third-order valence-corrected chi connectivity index (χ3v) is 4.80. The van der Waals surface area contributed by atoms with Gasteiger partial charge >= 0.3 is 10.2 Å². The quantitative estimate of drug-likeness (QED) is 0.636. The highest BCUT2D eigenvalue weighted by Gasteiger charge is 2.31. The molecular weight excluding hydrogens is 256 g/mol. The molecule has 0 aromatic carbocycles. The Kier molecular flexibility index (Phi) is 5.55. The number of piperidine rings is 1. The summed E-state index contributed by atoms with van der Waals surface area (Å²) in [5.74, 6) is -1.20. The zero-order valence-corrected chi connectivity index (χ0v) is 11.8. The molecule has 0 spiro atoms. The maximum atomic E-state index is 12.1. The van der Waals surface area contributed by atoms with Crippen LogP contribution < -0.4 is 9.83 Å². The lowest BCUT2D eigenvalue weighted by atomic mass is 10.1. The number of carbonyl (C=O) groups is 1. The van der Waals surface area contributed by atoms with E-state index < -0.39 is 22.2 Å². The molecule has 0 aromatic rings. The third-order valence-electron chi connectivity index (χ3n) is 3.04. The molecule has 0 radical (unpaired) electrons. The summed E-state index contributed by atoms with van der Waals surface area (Å²) in [4.78, 5) is 11.0. The van der Waals surface area contributed by atoms with E-state index in [9.17, 15) is 18.3 Å². The predicted octanol–water partition coefficient (Wildman–Crippen LogP) is -1.55. The highest BCUT2D eigenvalue weighted by Crippen LogP contribution is 2.10. The number of quaternary nitrogens is 1. The van der Waals surface area contributed by atoms with Crippen LogP contribution in [-0.2, 0) is 15.0 Å². The molecule has 1 aliphatic heterocycles. The van der Waals surface area contributed by atoms with E-state index in [2.05, 4.69) is 0 Å². The van der Waals surface area contributed by atoms with Gasteiger partial charge in [-0.15, -0.1) is 0 Å². The first-order valence-electron chi connectivity index (χ1n) is 6.39. The summed E-state index contributed by atoms with van der Waals surface area (Å²) in [7, 11) is -3.59. The lowest BCUT2D eigenvalue weighted by Gasteiger charge is -2.26. The van der Waals surface area contributed by atoms with Gasteiger partial charge in [0.05, 0.1) is 0 Å². The zero-order valence-electron chi connectivity index (χ0n) is 11.0. The van der Waals surface area contributed by atoms with Gasteiger partial charge in [-0.25, -0.2) is 4.72 Å². The van der Waals surface area contributed by atoms with Gasteiger partial charge < -0.3 is 9.90 Å². The second-order valence-electron chi connectivity index (χ2n) is 5.20. The Morgan fingerprint density at radius 2 is 1.83 bits per heavy atom. The fourth-order valence-corrected chi connectivity index (χ4v) is 3.70. The van der Waals surface area contributed by atoms with Gasteiger partial charge in [-0.05, 0) is 18.8 Å². The summed E-state index contributed by atoms with van der Waals surface area (Å²) >= 11 is 0. The Morgan fingerprint density at radius 3 is 2.28 bits per heavy atom. The van der Waals surface area contributed by atoms with Crippen LogP contribution in [0.3, 0.4) is 0 Å². The molecule has 0 saturated carbocycles. The van der Waals surface area contributed by atoms with Gasteiger partial charge in [-0.3, -0.25) is 0 Å². The highest BCUT2D eigenvalue weighted by molar-refractivity contribution is 7.82. The zero-order chi connectivity index (χ0) is 13.8. The number of rotatable bonds is 6. The average Bonchev–Trinajstić information content (AvgIpc) is 2.28. The summed E-state index contributed by atoms with van der Waals surface area (Å²) < 4.78 is 26.4. The van der Waals surface area contributed by atoms with Crippen molar-refractivity contribution in [3.8, 4) is 0 Å². The van der Waals surface area contributed by atoms with Crippen LogP contribution in [0.5, 0.6) is 0 Å². The van der Waals surface area contributed by atoms with Crippen LogP contribution in [0.2, 0.25) is 0 Å². The van der Waals surface area contributed by atoms with E-state index in [1.54, 1.807) is 0 Å². The Balaban J connectivity index is 2.68. The summed E-state index contributed by atoms with van der Waals surface area (Å²) in [6, 6.07) is -1.03. The Labute approximate surface area is 109 Å². The van der Waals surface area contributed by atoms with Gasteiger partial charge in [0.2, 0.25) is 0 Å². The number of nitrogens with zero attached hydrogens (tertiary/aromatic N) is 1. The lowest BCUT2D eigenvalue weighted by Crippen LogP contribution is -2.97. The molecule has 0 unspecified atom stereocenters. The molecule has 1 fully saturated rings. The second kappa shape index (κ2) is 6.49. The number of carbonyl (C=O) groups excluding carboxylic acids is 1. The van der Waals surface area contributed by atoms with Gasteiger partial charge in [-0.1, -0.05) is 20.3 Å². The van der Waals surface area contributed by atoms with Crippen molar-refractivity contribution in [1.82, 2.24) is 4.31 Å². The maximum absolute atomic E-state index is 12.1. The standard InChI is InChI=1S/C11H22N2O4S/c1-9(2)8-10(11(14)15)12-18(16,17)13-6-4-3-5-7-13/h9-10,12H,3-8H2,1-2H3,(H,14,15)/t10-/m0/s1. The number of aliphatic carboxylic acids is 1. The van der Waals surface area contributed by atoms with Crippen molar-refractivity contribution in [1.29, 1.82) is 0 Å². The maximum Gasteiger partial charge on any atom is 0.369 e. The number of nitrogens with two attached hydrogens (primary N) is 1. The molecule has 0 aromatic heterocycles. The van der Waals surface area contributed by atoms with E-state index in [4.69, 9.17) is 0 Å². The Hall–Kier alpha value is -0.660. The van der Waals surface area contributed by atoms with Crippen molar-refractivity contribution in [2.24, 2.45) is 5.92 Å². The molecule has 0 aliphatic carbocycles. The van der Waals surface area contributed by atoms with Crippen LogP contribution in [0.15, 0.2) is 0 Å². The summed E-state index contributed by atoms with van der Waals surface area (Å²) in [5, 5.41) is 11.0. The van der Waals surface area contributed by atoms with Crippen LogP contribution in [0.25, 0.3) is 0 Å². The molecule has 7 heteroatoms. The fraction of sp³-hybridized carbons (Fsp3) is 0.909. The van der Waals surface area contributed by atoms with Crippen LogP contribution in [0.1, 0.15) is 39.5 Å². The van der Waals surface area contributed by atoms with Crippen molar-refractivity contribution in [3.63, 3.8) is 0 Å². The van der Waals surface area contributed by atoms with Gasteiger partial charge in [0.1, 0.15) is 12.0 Å². The Morgan fingerprint density at radius 1 is 1.28 bits per heavy atom. The molecule has 1 aliphatic rings. The average molecular weight is 278 g/mol. The smallest absolute Gasteiger partial charge is 0.369 e. The third kappa shape index (κ3) is 4.55. The SMILES string of the molecule is CC(C)C[C@H]([NH2+]S(=O)(=O)N1CCCCC1)C(=O)[O-]. The highest BCUT2D eigenvalue weighted by atomic mass is 32.2. The fourth-order valence-electron chi connectivity index (χ4n) is 2.13. The molecule has 0 amide bonds. The van der Waals surface area contributed by atoms with E-state index in [1.165, 1.54) is 4.31 Å². The molecule has 2 N–H and O–H groups in total. The van der Waals surface area contributed by atoms with Crippen LogP contribution in [-0.4, -0.2) is 37.8 Å². The van der Waals surface area contributed by atoms with Crippen LogP contribution >= 0.6 is 0 Å². The van der Waals surface area contributed by atoms with Gasteiger partial charge in [0, 0.05) is 19.5 Å². The number of hydrogen-bond donors (Lipinski definition) is 1. The van der Waals surface area contributed by atoms with E-state index in [1.807, 2.05) is 13.8 Å². The lowest BCUT2D eigenvalue weighted by molar-refractivity contribution is -0.546. The molecule has 18 heavy (non-hydrogen) atoms.